The molecule has 1 heterocycles. The van der Waals surface area contributed by atoms with E-state index in [4.69, 9.17) is 14.2 Å². The van der Waals surface area contributed by atoms with Gasteiger partial charge in [0.25, 0.3) is 5.91 Å². The van der Waals surface area contributed by atoms with Gasteiger partial charge in [0.1, 0.15) is 18.0 Å². The second-order valence-electron chi connectivity index (χ2n) is 7.11. The van der Waals surface area contributed by atoms with Crippen molar-refractivity contribution in [3.05, 3.63) is 52.8 Å². The van der Waals surface area contributed by atoms with Gasteiger partial charge >= 0.3 is 5.97 Å². The molecule has 0 bridgehead atoms. The Bertz CT molecular complexity index is 1150. The van der Waals surface area contributed by atoms with E-state index in [9.17, 15) is 9.59 Å². The molecule has 7 nitrogen and oxygen atoms in total. The Morgan fingerprint density at radius 1 is 1.06 bits per heavy atom. The molecule has 170 valence electrons. The zero-order valence-electron chi connectivity index (χ0n) is 18.6. The van der Waals surface area contributed by atoms with Crippen molar-refractivity contribution in [3.8, 4) is 11.5 Å². The van der Waals surface area contributed by atoms with Crippen molar-refractivity contribution in [1.82, 2.24) is 4.57 Å². The number of aromatic nitrogens is 1. The smallest absolute Gasteiger partial charge is 0.326 e. The van der Waals surface area contributed by atoms with Crippen LogP contribution in [0.15, 0.2) is 47.5 Å². The Hall–Kier alpha value is -3.13. The fourth-order valence-electron chi connectivity index (χ4n) is 3.17. The molecule has 32 heavy (non-hydrogen) atoms. The monoisotopic (exact) mass is 456 g/mol. The van der Waals surface area contributed by atoms with E-state index in [1.165, 1.54) is 11.3 Å². The second-order valence-corrected chi connectivity index (χ2v) is 8.12. The van der Waals surface area contributed by atoms with Crippen LogP contribution in [-0.2, 0) is 16.1 Å². The van der Waals surface area contributed by atoms with Crippen LogP contribution >= 0.6 is 11.3 Å². The number of ether oxygens (including phenoxy) is 3. The fourth-order valence-corrected chi connectivity index (χ4v) is 4.22. The van der Waals surface area contributed by atoms with Crippen molar-refractivity contribution < 1.29 is 23.8 Å². The summed E-state index contributed by atoms with van der Waals surface area (Å²) in [6.07, 6.45) is 3.19. The van der Waals surface area contributed by atoms with Gasteiger partial charge < -0.3 is 18.8 Å². The normalized spacial score (nSPS) is 11.5. The number of rotatable bonds is 10. The zero-order chi connectivity index (χ0) is 22.9. The lowest BCUT2D eigenvalue weighted by Crippen LogP contribution is -2.23. The molecule has 1 amide bonds. The summed E-state index contributed by atoms with van der Waals surface area (Å²) in [6, 6.07) is 12.5. The average molecular weight is 457 g/mol. The first-order chi connectivity index (χ1) is 15.5. The summed E-state index contributed by atoms with van der Waals surface area (Å²) >= 11 is 1.32. The molecular formula is C24H28N2O5S. The molecule has 0 fully saturated rings. The number of carbonyl (C=O) groups excluding carboxylic acids is 2. The number of thiazole rings is 1. The van der Waals surface area contributed by atoms with Gasteiger partial charge in [-0.1, -0.05) is 37.2 Å². The molecule has 3 aromatic rings. The number of fused-ring (bicyclic) bond motifs is 1. The lowest BCUT2D eigenvalue weighted by Gasteiger charge is -2.07. The van der Waals surface area contributed by atoms with Crippen molar-refractivity contribution in [1.29, 1.82) is 0 Å². The molecule has 0 aliphatic rings. The van der Waals surface area contributed by atoms with Gasteiger partial charge in [-0.15, -0.1) is 0 Å². The van der Waals surface area contributed by atoms with Gasteiger partial charge in [0.05, 0.1) is 30.5 Å². The average Bonchev–Trinajstić information content (AvgIpc) is 3.12. The van der Waals surface area contributed by atoms with Crippen molar-refractivity contribution in [3.63, 3.8) is 0 Å². The Morgan fingerprint density at radius 3 is 2.66 bits per heavy atom. The van der Waals surface area contributed by atoms with Crippen LogP contribution in [0.2, 0.25) is 0 Å². The van der Waals surface area contributed by atoms with Crippen LogP contribution in [0.4, 0.5) is 0 Å². The van der Waals surface area contributed by atoms with Gasteiger partial charge in [0.15, 0.2) is 4.80 Å². The number of hydrogen-bond acceptors (Lipinski definition) is 6. The van der Waals surface area contributed by atoms with Gasteiger partial charge in [0.2, 0.25) is 0 Å². The molecule has 2 aromatic carbocycles. The van der Waals surface area contributed by atoms with Gasteiger partial charge in [0, 0.05) is 5.56 Å². The number of hydrogen-bond donors (Lipinski definition) is 0. The van der Waals surface area contributed by atoms with Crippen LogP contribution in [0.3, 0.4) is 0 Å². The van der Waals surface area contributed by atoms with Crippen molar-refractivity contribution in [2.24, 2.45) is 4.99 Å². The van der Waals surface area contributed by atoms with Crippen LogP contribution in [0.25, 0.3) is 10.2 Å². The third-order valence-electron chi connectivity index (χ3n) is 4.78. The van der Waals surface area contributed by atoms with E-state index in [0.717, 1.165) is 29.5 Å². The molecule has 0 N–H and O–H groups in total. The number of methoxy groups -OCH3 is 1. The van der Waals surface area contributed by atoms with Gasteiger partial charge in [-0.05, 0) is 49.7 Å². The molecule has 1 aromatic heterocycles. The molecule has 0 radical (unpaired) electrons. The highest BCUT2D eigenvalue weighted by Gasteiger charge is 2.14. The summed E-state index contributed by atoms with van der Waals surface area (Å²) in [5.41, 5.74) is 1.21. The maximum absolute atomic E-state index is 12.9. The predicted molar refractivity (Wildman–Crippen MR) is 124 cm³/mol. The molecular weight excluding hydrogens is 428 g/mol. The lowest BCUT2D eigenvalue weighted by atomic mass is 10.2. The highest BCUT2D eigenvalue weighted by atomic mass is 32.1. The minimum Gasteiger partial charge on any atom is -0.497 e. The van der Waals surface area contributed by atoms with Gasteiger partial charge in [-0.3, -0.25) is 9.59 Å². The number of esters is 1. The summed E-state index contributed by atoms with van der Waals surface area (Å²) < 4.78 is 18.7. The molecule has 0 saturated carbocycles. The maximum Gasteiger partial charge on any atom is 0.326 e. The minimum atomic E-state index is -0.403. The number of benzene rings is 2. The van der Waals surface area contributed by atoms with Gasteiger partial charge in [-0.25, -0.2) is 0 Å². The highest BCUT2D eigenvalue weighted by molar-refractivity contribution is 7.16. The van der Waals surface area contributed by atoms with Crippen molar-refractivity contribution in [2.75, 3.05) is 20.3 Å². The molecule has 0 saturated heterocycles. The van der Waals surface area contributed by atoms with E-state index in [0.29, 0.717) is 28.5 Å². The SMILES string of the molecule is CCCCCOc1cccc(C(=O)N=c2sc3cc(OC)ccc3n2CC(=O)OCC)c1. The third kappa shape index (κ3) is 5.97. The zero-order valence-corrected chi connectivity index (χ0v) is 19.4. The first-order valence-electron chi connectivity index (χ1n) is 10.7. The van der Waals surface area contributed by atoms with Crippen LogP contribution in [0, 0.1) is 0 Å². The molecule has 0 aliphatic heterocycles. The van der Waals surface area contributed by atoms with Crippen molar-refractivity contribution >= 4 is 33.4 Å². The Kier molecular flexibility index (Phi) is 8.44. The maximum atomic E-state index is 12.9. The van der Waals surface area contributed by atoms with E-state index in [-0.39, 0.29) is 19.1 Å². The number of amides is 1. The van der Waals surface area contributed by atoms with E-state index in [2.05, 4.69) is 11.9 Å². The summed E-state index contributed by atoms with van der Waals surface area (Å²) in [7, 11) is 1.59. The topological polar surface area (TPSA) is 79.1 Å². The Labute approximate surface area is 191 Å². The second kappa shape index (κ2) is 11.5. The Morgan fingerprint density at radius 2 is 1.91 bits per heavy atom. The summed E-state index contributed by atoms with van der Waals surface area (Å²) in [6.45, 7) is 4.75. The first-order valence-corrected chi connectivity index (χ1v) is 11.5. The fraction of sp³-hybridized carbons (Fsp3) is 0.375. The van der Waals surface area contributed by atoms with Crippen LogP contribution in [0.1, 0.15) is 43.5 Å². The Balaban J connectivity index is 1.94. The van der Waals surface area contributed by atoms with E-state index in [1.54, 1.807) is 36.8 Å². The lowest BCUT2D eigenvalue weighted by molar-refractivity contribution is -0.143. The van der Waals surface area contributed by atoms with E-state index < -0.39 is 5.91 Å². The van der Waals surface area contributed by atoms with Crippen LogP contribution in [0.5, 0.6) is 11.5 Å². The van der Waals surface area contributed by atoms with Gasteiger partial charge in [-0.2, -0.15) is 4.99 Å². The largest absolute Gasteiger partial charge is 0.497 e. The van der Waals surface area contributed by atoms with E-state index in [1.807, 2.05) is 24.3 Å². The summed E-state index contributed by atoms with van der Waals surface area (Å²) in [5, 5.41) is 0. The molecule has 0 spiro atoms. The highest BCUT2D eigenvalue weighted by Crippen LogP contribution is 2.23. The molecule has 3 rings (SSSR count). The molecule has 0 atom stereocenters. The van der Waals surface area contributed by atoms with Crippen LogP contribution in [-0.4, -0.2) is 36.8 Å². The van der Waals surface area contributed by atoms with E-state index >= 15 is 0 Å². The third-order valence-corrected chi connectivity index (χ3v) is 5.82. The summed E-state index contributed by atoms with van der Waals surface area (Å²) in [5.74, 6) is 0.537. The molecule has 0 aliphatic carbocycles. The van der Waals surface area contributed by atoms with Crippen LogP contribution < -0.4 is 14.3 Å². The predicted octanol–water partition coefficient (Wildman–Crippen LogP) is 4.58. The molecule has 0 unspecified atom stereocenters. The standard InChI is InChI=1S/C24H28N2O5S/c1-4-6-7-13-31-19-10-8-9-17(14-19)23(28)25-24-26(16-22(27)30-5-2)20-12-11-18(29-3)15-21(20)32-24/h8-12,14-15H,4-7,13,16H2,1-3H3. The quantitative estimate of drug-likeness (QED) is 0.329. The number of unbranched alkanes of at least 4 members (excludes halogenated alkanes) is 2. The minimum absolute atomic E-state index is 0.0349. The summed E-state index contributed by atoms with van der Waals surface area (Å²) in [4.78, 5) is 29.8. The molecule has 8 heteroatoms. The number of carbonyl (C=O) groups is 2. The van der Waals surface area contributed by atoms with Crippen molar-refractivity contribution in [2.45, 2.75) is 39.7 Å². The number of nitrogens with zero attached hydrogens (tertiary/aromatic N) is 2. The first kappa shape index (κ1) is 23.5.